The molecule has 0 radical (unpaired) electrons. The lowest BCUT2D eigenvalue weighted by molar-refractivity contribution is 0.123. The van der Waals surface area contributed by atoms with Crippen LogP contribution in [0.25, 0.3) is 0 Å². The zero-order valence-electron chi connectivity index (χ0n) is 12.4. The van der Waals surface area contributed by atoms with Crippen molar-refractivity contribution in [3.05, 3.63) is 18.2 Å². The minimum atomic E-state index is 0.200. The number of thioether (sulfide) groups is 1. The van der Waals surface area contributed by atoms with Crippen molar-refractivity contribution in [1.29, 1.82) is 5.41 Å². The van der Waals surface area contributed by atoms with Gasteiger partial charge >= 0.3 is 0 Å². The predicted molar refractivity (Wildman–Crippen MR) is 87.4 cm³/mol. The maximum Gasteiger partial charge on any atom is 0.100 e. The molecular formula is C15H23N3OS. The fourth-order valence-electron chi connectivity index (χ4n) is 2.11. The van der Waals surface area contributed by atoms with Crippen LogP contribution < -0.4 is 10.2 Å². The third-order valence-electron chi connectivity index (χ3n) is 3.40. The van der Waals surface area contributed by atoms with E-state index in [9.17, 15) is 0 Å². The van der Waals surface area contributed by atoms with Gasteiger partial charge in [-0.3, -0.25) is 5.41 Å². The van der Waals surface area contributed by atoms with Crippen LogP contribution in [-0.2, 0) is 4.74 Å². The Hall–Kier alpha value is -1.20. The number of amidine groups is 1. The van der Waals surface area contributed by atoms with Crippen molar-refractivity contribution >= 4 is 29.0 Å². The van der Waals surface area contributed by atoms with Gasteiger partial charge in [-0.05, 0) is 24.5 Å². The summed E-state index contributed by atoms with van der Waals surface area (Å²) in [5.41, 5.74) is 2.19. The van der Waals surface area contributed by atoms with E-state index in [0.717, 1.165) is 37.7 Å². The minimum Gasteiger partial charge on any atom is -0.378 e. The summed E-state index contributed by atoms with van der Waals surface area (Å²) in [6.45, 7) is 7.41. The molecule has 0 aromatic heterocycles. The smallest absolute Gasteiger partial charge is 0.100 e. The van der Waals surface area contributed by atoms with E-state index < -0.39 is 0 Å². The summed E-state index contributed by atoms with van der Waals surface area (Å²) < 4.78 is 5.42. The highest BCUT2D eigenvalue weighted by molar-refractivity contribution is 7.98. The number of nitrogens with zero attached hydrogens (tertiary/aromatic N) is 1. The van der Waals surface area contributed by atoms with Gasteiger partial charge < -0.3 is 15.0 Å². The molecule has 1 aromatic rings. The van der Waals surface area contributed by atoms with Gasteiger partial charge in [-0.15, -0.1) is 11.8 Å². The number of hydrogen-bond donors (Lipinski definition) is 2. The van der Waals surface area contributed by atoms with Gasteiger partial charge in [0.05, 0.1) is 24.6 Å². The van der Waals surface area contributed by atoms with Crippen molar-refractivity contribution in [2.75, 3.05) is 42.8 Å². The zero-order chi connectivity index (χ0) is 14.5. The van der Waals surface area contributed by atoms with Crippen LogP contribution in [0.4, 0.5) is 11.4 Å². The lowest BCUT2D eigenvalue weighted by Crippen LogP contribution is -2.36. The van der Waals surface area contributed by atoms with E-state index in [2.05, 4.69) is 34.7 Å². The highest BCUT2D eigenvalue weighted by atomic mass is 32.2. The second-order valence-electron chi connectivity index (χ2n) is 5.18. The first kappa shape index (κ1) is 15.2. The molecule has 0 saturated carbocycles. The fraction of sp³-hybridized carbons (Fsp3) is 0.533. The van der Waals surface area contributed by atoms with Gasteiger partial charge in [-0.2, -0.15) is 0 Å². The average molecular weight is 293 g/mol. The fourth-order valence-corrected chi connectivity index (χ4v) is 2.55. The van der Waals surface area contributed by atoms with E-state index in [1.54, 1.807) is 11.8 Å². The average Bonchev–Trinajstić information content (AvgIpc) is 2.48. The van der Waals surface area contributed by atoms with Crippen molar-refractivity contribution in [3.63, 3.8) is 0 Å². The molecule has 0 amide bonds. The monoisotopic (exact) mass is 293 g/mol. The number of ether oxygens (including phenoxy) is 1. The Morgan fingerprint density at radius 2 is 2.05 bits per heavy atom. The first-order chi connectivity index (χ1) is 9.61. The molecule has 2 N–H and O–H groups in total. The first-order valence-electron chi connectivity index (χ1n) is 6.98. The van der Waals surface area contributed by atoms with E-state index in [4.69, 9.17) is 10.1 Å². The maximum absolute atomic E-state index is 8.06. The Kier molecular flexibility index (Phi) is 5.31. The van der Waals surface area contributed by atoms with Crippen LogP contribution in [0.5, 0.6) is 0 Å². The number of benzene rings is 1. The lowest BCUT2D eigenvalue weighted by atomic mass is 10.1. The number of hydrogen-bond acceptors (Lipinski definition) is 4. The summed E-state index contributed by atoms with van der Waals surface area (Å²) in [7, 11) is 0. The summed E-state index contributed by atoms with van der Waals surface area (Å²) in [5, 5.41) is 11.3. The van der Waals surface area contributed by atoms with Crippen molar-refractivity contribution in [1.82, 2.24) is 0 Å². The molecule has 1 saturated heterocycles. The van der Waals surface area contributed by atoms with E-state index >= 15 is 0 Å². The SMILES string of the molecule is CSc1ccc(N2CCOCC2)c(NC(=N)C(C)C)c1. The number of nitrogens with one attached hydrogen (secondary N) is 2. The molecule has 0 spiro atoms. The normalized spacial score (nSPS) is 15.5. The maximum atomic E-state index is 8.06. The molecule has 1 aliphatic heterocycles. The number of anilines is 2. The quantitative estimate of drug-likeness (QED) is 0.508. The summed E-state index contributed by atoms with van der Waals surface area (Å²) in [6.07, 6.45) is 2.07. The molecule has 0 atom stereocenters. The number of rotatable bonds is 4. The minimum absolute atomic E-state index is 0.200. The standard InChI is InChI=1S/C15H23N3OS/c1-11(2)15(16)17-13-10-12(20-3)4-5-14(13)18-6-8-19-9-7-18/h4-5,10-11H,6-9H2,1-3H3,(H2,16,17). The van der Waals surface area contributed by atoms with Crippen LogP contribution in [0.2, 0.25) is 0 Å². The van der Waals surface area contributed by atoms with Crippen LogP contribution in [0, 0.1) is 11.3 Å². The molecule has 0 unspecified atom stereocenters. The summed E-state index contributed by atoms with van der Waals surface area (Å²) >= 11 is 1.72. The van der Waals surface area contributed by atoms with Gasteiger partial charge in [0.15, 0.2) is 0 Å². The highest BCUT2D eigenvalue weighted by Crippen LogP contribution is 2.31. The van der Waals surface area contributed by atoms with Crippen molar-refractivity contribution in [2.45, 2.75) is 18.7 Å². The Balaban J connectivity index is 2.26. The summed E-state index contributed by atoms with van der Waals surface area (Å²) in [5.74, 6) is 0.753. The second kappa shape index (κ2) is 6.99. The molecule has 0 aliphatic carbocycles. The van der Waals surface area contributed by atoms with Gasteiger partial charge in [0.25, 0.3) is 0 Å². The van der Waals surface area contributed by atoms with Crippen LogP contribution in [0.1, 0.15) is 13.8 Å². The molecule has 4 nitrogen and oxygen atoms in total. The van der Waals surface area contributed by atoms with Gasteiger partial charge in [0.1, 0.15) is 5.84 Å². The Morgan fingerprint density at radius 3 is 2.65 bits per heavy atom. The molecule has 1 aromatic carbocycles. The molecule has 1 aliphatic rings. The van der Waals surface area contributed by atoms with Gasteiger partial charge in [-0.25, -0.2) is 0 Å². The largest absolute Gasteiger partial charge is 0.378 e. The predicted octanol–water partition coefficient (Wildman–Crippen LogP) is 3.29. The third-order valence-corrected chi connectivity index (χ3v) is 4.13. The summed E-state index contributed by atoms with van der Waals surface area (Å²) in [6, 6.07) is 6.42. The topological polar surface area (TPSA) is 48.4 Å². The zero-order valence-corrected chi connectivity index (χ0v) is 13.2. The van der Waals surface area contributed by atoms with Gasteiger partial charge in [0.2, 0.25) is 0 Å². The third kappa shape index (κ3) is 3.67. The highest BCUT2D eigenvalue weighted by Gasteiger charge is 2.16. The molecule has 110 valence electrons. The van der Waals surface area contributed by atoms with E-state index in [1.165, 1.54) is 4.90 Å². The molecule has 2 rings (SSSR count). The molecule has 1 heterocycles. The molecule has 5 heteroatoms. The molecule has 1 fully saturated rings. The number of morpholine rings is 1. The van der Waals surface area contributed by atoms with E-state index in [-0.39, 0.29) is 5.92 Å². The molecular weight excluding hydrogens is 270 g/mol. The second-order valence-corrected chi connectivity index (χ2v) is 6.06. The van der Waals surface area contributed by atoms with Crippen LogP contribution in [0.15, 0.2) is 23.1 Å². The van der Waals surface area contributed by atoms with Gasteiger partial charge in [0, 0.05) is 23.9 Å². The van der Waals surface area contributed by atoms with E-state index in [0.29, 0.717) is 5.84 Å². The van der Waals surface area contributed by atoms with Crippen molar-refractivity contribution < 1.29 is 4.74 Å². The lowest BCUT2D eigenvalue weighted by Gasteiger charge is -2.31. The van der Waals surface area contributed by atoms with Crippen molar-refractivity contribution in [2.24, 2.45) is 5.92 Å². The summed E-state index contributed by atoms with van der Waals surface area (Å²) in [4.78, 5) is 3.53. The Morgan fingerprint density at radius 1 is 1.35 bits per heavy atom. The van der Waals surface area contributed by atoms with Gasteiger partial charge in [-0.1, -0.05) is 13.8 Å². The van der Waals surface area contributed by atoms with Crippen LogP contribution in [0.3, 0.4) is 0 Å². The van der Waals surface area contributed by atoms with E-state index in [1.807, 2.05) is 13.8 Å². The first-order valence-corrected chi connectivity index (χ1v) is 8.20. The van der Waals surface area contributed by atoms with Crippen LogP contribution >= 0.6 is 11.8 Å². The Labute approximate surface area is 125 Å². The molecule has 0 bridgehead atoms. The van der Waals surface area contributed by atoms with Crippen LogP contribution in [-0.4, -0.2) is 38.4 Å². The molecule has 20 heavy (non-hydrogen) atoms. The Bertz CT molecular complexity index is 470. The van der Waals surface area contributed by atoms with Crippen molar-refractivity contribution in [3.8, 4) is 0 Å².